The van der Waals surface area contributed by atoms with Crippen LogP contribution in [0.3, 0.4) is 0 Å². The lowest BCUT2D eigenvalue weighted by Crippen LogP contribution is -2.13. The van der Waals surface area contributed by atoms with Gasteiger partial charge in [-0.15, -0.1) is 0 Å². The Morgan fingerprint density at radius 1 is 0.815 bits per heavy atom. The van der Waals surface area contributed by atoms with Gasteiger partial charge in [0.1, 0.15) is 0 Å². The molecular formula is C24H20N2O. The fourth-order valence-corrected chi connectivity index (χ4v) is 3.07. The van der Waals surface area contributed by atoms with Gasteiger partial charge in [-0.1, -0.05) is 65.7 Å². The van der Waals surface area contributed by atoms with Crippen molar-refractivity contribution in [1.82, 2.24) is 4.98 Å². The Kier molecular flexibility index (Phi) is 4.43. The van der Waals surface area contributed by atoms with E-state index in [0.29, 0.717) is 5.56 Å². The van der Waals surface area contributed by atoms with Crippen LogP contribution in [0.4, 0.5) is 5.69 Å². The average molecular weight is 352 g/mol. The van der Waals surface area contributed by atoms with E-state index in [0.717, 1.165) is 33.4 Å². The van der Waals surface area contributed by atoms with Crippen molar-refractivity contribution in [3.8, 4) is 11.3 Å². The van der Waals surface area contributed by atoms with Gasteiger partial charge < -0.3 is 5.32 Å². The SMILES string of the molecule is Cc1ccc(NC(=O)c2cc(-c3ccc(C)cc3)nc3ccccc23)cc1. The van der Waals surface area contributed by atoms with E-state index in [-0.39, 0.29) is 5.91 Å². The molecule has 0 fully saturated rings. The highest BCUT2D eigenvalue weighted by Crippen LogP contribution is 2.26. The maximum atomic E-state index is 13.0. The lowest BCUT2D eigenvalue weighted by Gasteiger charge is -2.11. The lowest BCUT2D eigenvalue weighted by atomic mass is 10.0. The molecule has 0 aliphatic rings. The first-order valence-electron chi connectivity index (χ1n) is 8.95. The maximum Gasteiger partial charge on any atom is 0.256 e. The summed E-state index contributed by atoms with van der Waals surface area (Å²) in [4.78, 5) is 17.8. The number of para-hydroxylation sites is 1. The minimum absolute atomic E-state index is 0.134. The summed E-state index contributed by atoms with van der Waals surface area (Å²) in [6.07, 6.45) is 0. The number of carbonyl (C=O) groups is 1. The van der Waals surface area contributed by atoms with Gasteiger partial charge in [-0.3, -0.25) is 4.79 Å². The first-order chi connectivity index (χ1) is 13.1. The van der Waals surface area contributed by atoms with Gasteiger partial charge in [-0.25, -0.2) is 4.98 Å². The van der Waals surface area contributed by atoms with Gasteiger partial charge in [0.15, 0.2) is 0 Å². The molecule has 27 heavy (non-hydrogen) atoms. The van der Waals surface area contributed by atoms with Gasteiger partial charge in [-0.05, 0) is 38.1 Å². The van der Waals surface area contributed by atoms with E-state index in [1.165, 1.54) is 5.56 Å². The Morgan fingerprint density at radius 2 is 1.44 bits per heavy atom. The van der Waals surface area contributed by atoms with E-state index in [1.54, 1.807) is 0 Å². The topological polar surface area (TPSA) is 42.0 Å². The Labute approximate surface area is 158 Å². The summed E-state index contributed by atoms with van der Waals surface area (Å²) in [5.74, 6) is -0.134. The zero-order valence-corrected chi connectivity index (χ0v) is 15.4. The van der Waals surface area contributed by atoms with Crippen LogP contribution in [0.15, 0.2) is 78.9 Å². The van der Waals surface area contributed by atoms with Crippen molar-refractivity contribution in [2.45, 2.75) is 13.8 Å². The number of nitrogens with one attached hydrogen (secondary N) is 1. The summed E-state index contributed by atoms with van der Waals surface area (Å²) in [6.45, 7) is 4.08. The third kappa shape index (κ3) is 3.58. The van der Waals surface area contributed by atoms with Crippen molar-refractivity contribution in [1.29, 1.82) is 0 Å². The molecule has 0 bridgehead atoms. The number of carbonyl (C=O) groups excluding carboxylic acids is 1. The van der Waals surface area contributed by atoms with Gasteiger partial charge in [0.2, 0.25) is 0 Å². The van der Waals surface area contributed by atoms with Gasteiger partial charge in [0.05, 0.1) is 16.8 Å². The quantitative estimate of drug-likeness (QED) is 0.508. The molecule has 0 unspecified atom stereocenters. The zero-order chi connectivity index (χ0) is 18.8. The van der Waals surface area contributed by atoms with Crippen LogP contribution in [-0.2, 0) is 0 Å². The Morgan fingerprint density at radius 3 is 2.15 bits per heavy atom. The van der Waals surface area contributed by atoms with E-state index < -0.39 is 0 Å². The molecule has 1 amide bonds. The molecule has 132 valence electrons. The molecule has 1 N–H and O–H groups in total. The second-order valence-electron chi connectivity index (χ2n) is 6.76. The molecular weight excluding hydrogens is 332 g/mol. The second kappa shape index (κ2) is 7.04. The molecule has 0 aliphatic heterocycles. The van der Waals surface area contributed by atoms with Crippen LogP contribution in [0.5, 0.6) is 0 Å². The molecule has 0 aliphatic carbocycles. The first-order valence-corrected chi connectivity index (χ1v) is 8.95. The number of rotatable bonds is 3. The first kappa shape index (κ1) is 17.0. The summed E-state index contributed by atoms with van der Waals surface area (Å²) in [7, 11) is 0. The molecule has 0 saturated carbocycles. The molecule has 1 heterocycles. The number of hydrogen-bond donors (Lipinski definition) is 1. The summed E-state index contributed by atoms with van der Waals surface area (Å²) < 4.78 is 0. The number of amides is 1. The monoisotopic (exact) mass is 352 g/mol. The summed E-state index contributed by atoms with van der Waals surface area (Å²) in [5, 5.41) is 3.84. The summed E-state index contributed by atoms with van der Waals surface area (Å²) >= 11 is 0. The van der Waals surface area contributed by atoms with Crippen molar-refractivity contribution >= 4 is 22.5 Å². The predicted octanol–water partition coefficient (Wildman–Crippen LogP) is 5.77. The molecule has 3 heteroatoms. The normalized spacial score (nSPS) is 10.7. The zero-order valence-electron chi connectivity index (χ0n) is 15.4. The fraction of sp³-hybridized carbons (Fsp3) is 0.0833. The smallest absolute Gasteiger partial charge is 0.256 e. The average Bonchev–Trinajstić information content (AvgIpc) is 2.69. The largest absolute Gasteiger partial charge is 0.322 e. The molecule has 3 nitrogen and oxygen atoms in total. The number of hydrogen-bond acceptors (Lipinski definition) is 2. The van der Waals surface area contributed by atoms with Crippen LogP contribution >= 0.6 is 0 Å². The number of aryl methyl sites for hydroxylation is 2. The summed E-state index contributed by atoms with van der Waals surface area (Å²) in [6, 6.07) is 25.6. The standard InChI is InChI=1S/C24H20N2O/c1-16-7-11-18(12-8-16)23-15-21(20-5-3-4-6-22(20)26-23)24(27)25-19-13-9-17(2)10-14-19/h3-15H,1-2H3,(H,25,27). The predicted molar refractivity (Wildman–Crippen MR) is 111 cm³/mol. The van der Waals surface area contributed by atoms with Gasteiger partial charge in [0.25, 0.3) is 5.91 Å². The molecule has 1 aromatic heterocycles. The van der Waals surface area contributed by atoms with Crippen molar-refractivity contribution in [3.63, 3.8) is 0 Å². The van der Waals surface area contributed by atoms with Crippen LogP contribution in [0.2, 0.25) is 0 Å². The van der Waals surface area contributed by atoms with Crippen LogP contribution in [0.25, 0.3) is 22.2 Å². The molecule has 0 saturated heterocycles. The number of benzene rings is 3. The number of pyridine rings is 1. The molecule has 0 spiro atoms. The molecule has 4 aromatic rings. The van der Waals surface area contributed by atoms with Crippen LogP contribution in [0, 0.1) is 13.8 Å². The molecule has 3 aromatic carbocycles. The van der Waals surface area contributed by atoms with Gasteiger partial charge >= 0.3 is 0 Å². The Balaban J connectivity index is 1.79. The highest BCUT2D eigenvalue weighted by molar-refractivity contribution is 6.13. The van der Waals surface area contributed by atoms with Crippen LogP contribution in [0.1, 0.15) is 21.5 Å². The van der Waals surface area contributed by atoms with E-state index in [9.17, 15) is 4.79 Å². The van der Waals surface area contributed by atoms with Crippen LogP contribution in [-0.4, -0.2) is 10.9 Å². The van der Waals surface area contributed by atoms with Crippen molar-refractivity contribution < 1.29 is 4.79 Å². The number of fused-ring (bicyclic) bond motifs is 1. The lowest BCUT2D eigenvalue weighted by molar-refractivity contribution is 0.102. The van der Waals surface area contributed by atoms with Gasteiger partial charge in [-0.2, -0.15) is 0 Å². The third-order valence-corrected chi connectivity index (χ3v) is 4.62. The van der Waals surface area contributed by atoms with Crippen molar-refractivity contribution in [2.24, 2.45) is 0 Å². The maximum absolute atomic E-state index is 13.0. The van der Waals surface area contributed by atoms with E-state index in [4.69, 9.17) is 4.98 Å². The fourth-order valence-electron chi connectivity index (χ4n) is 3.07. The molecule has 0 atom stereocenters. The highest BCUT2D eigenvalue weighted by Gasteiger charge is 2.14. The number of aromatic nitrogens is 1. The van der Waals surface area contributed by atoms with Crippen molar-refractivity contribution in [3.05, 3.63) is 95.6 Å². The second-order valence-corrected chi connectivity index (χ2v) is 6.76. The van der Waals surface area contributed by atoms with Crippen LogP contribution < -0.4 is 5.32 Å². The summed E-state index contributed by atoms with van der Waals surface area (Å²) in [5.41, 5.74) is 6.35. The number of anilines is 1. The third-order valence-electron chi connectivity index (χ3n) is 4.62. The van der Waals surface area contributed by atoms with Gasteiger partial charge in [0, 0.05) is 16.6 Å². The highest BCUT2D eigenvalue weighted by atomic mass is 16.1. The molecule has 0 radical (unpaired) electrons. The Bertz CT molecular complexity index is 1110. The van der Waals surface area contributed by atoms with E-state index in [1.807, 2.05) is 73.7 Å². The number of nitrogens with zero attached hydrogens (tertiary/aromatic N) is 1. The van der Waals surface area contributed by atoms with E-state index in [2.05, 4.69) is 24.4 Å². The molecule has 4 rings (SSSR count). The minimum Gasteiger partial charge on any atom is -0.322 e. The van der Waals surface area contributed by atoms with Crippen molar-refractivity contribution in [2.75, 3.05) is 5.32 Å². The Hall–Kier alpha value is -3.46. The van der Waals surface area contributed by atoms with E-state index >= 15 is 0 Å². The minimum atomic E-state index is -0.134.